The van der Waals surface area contributed by atoms with E-state index in [9.17, 15) is 14.4 Å². The highest BCUT2D eigenvalue weighted by Gasteiger charge is 2.25. The average Bonchev–Trinajstić information content (AvgIpc) is 3.03. The largest absolute Gasteiger partial charge is 0.465 e. The number of amides is 1. The van der Waals surface area contributed by atoms with E-state index in [2.05, 4.69) is 4.98 Å². The Balaban J connectivity index is 1.85. The number of benzene rings is 2. The zero-order chi connectivity index (χ0) is 21.1. The summed E-state index contributed by atoms with van der Waals surface area (Å²) in [5.74, 6) is -0.930. The minimum atomic E-state index is -0.564. The van der Waals surface area contributed by atoms with E-state index in [-0.39, 0.29) is 23.7 Å². The fourth-order valence-electron chi connectivity index (χ4n) is 3.58. The van der Waals surface area contributed by atoms with Crippen molar-refractivity contribution >= 4 is 28.4 Å². The molecule has 0 atom stereocenters. The minimum Gasteiger partial charge on any atom is -0.465 e. The molecule has 0 aliphatic heterocycles. The highest BCUT2D eigenvalue weighted by molar-refractivity contribution is 6.01. The molecule has 0 aliphatic carbocycles. The molecule has 0 radical (unpaired) electrons. The van der Waals surface area contributed by atoms with Gasteiger partial charge in [0.25, 0.3) is 0 Å². The van der Waals surface area contributed by atoms with Crippen molar-refractivity contribution in [3.8, 4) is 0 Å². The van der Waals surface area contributed by atoms with Crippen molar-refractivity contribution in [1.82, 2.24) is 9.88 Å². The molecule has 1 amide bonds. The van der Waals surface area contributed by atoms with Crippen LogP contribution in [0.25, 0.3) is 10.8 Å². The number of nitrogens with one attached hydrogen (secondary N) is 1. The van der Waals surface area contributed by atoms with Crippen LogP contribution in [-0.4, -0.2) is 41.7 Å². The summed E-state index contributed by atoms with van der Waals surface area (Å²) in [5, 5.41) is 2.21. The SMILES string of the molecule is COC(=O)c1c(CC(=O)N(C)Cc2cccc3ccccc23)[nH]c(C(C)=O)c1C. The molecule has 0 spiro atoms. The topological polar surface area (TPSA) is 79.5 Å². The lowest BCUT2D eigenvalue weighted by Crippen LogP contribution is -2.28. The maximum atomic E-state index is 12.9. The number of methoxy groups -OCH3 is 1. The van der Waals surface area contributed by atoms with Crippen molar-refractivity contribution in [2.24, 2.45) is 0 Å². The van der Waals surface area contributed by atoms with Crippen LogP contribution >= 0.6 is 0 Å². The van der Waals surface area contributed by atoms with Crippen LogP contribution < -0.4 is 0 Å². The van der Waals surface area contributed by atoms with Gasteiger partial charge in [-0.25, -0.2) is 4.79 Å². The van der Waals surface area contributed by atoms with E-state index < -0.39 is 5.97 Å². The quantitative estimate of drug-likeness (QED) is 0.513. The fraction of sp³-hybridized carbons (Fsp3) is 0.261. The van der Waals surface area contributed by atoms with Crippen LogP contribution in [0.3, 0.4) is 0 Å². The molecule has 0 bridgehead atoms. The van der Waals surface area contributed by atoms with Gasteiger partial charge < -0.3 is 14.6 Å². The maximum absolute atomic E-state index is 12.9. The molecule has 0 aliphatic rings. The van der Waals surface area contributed by atoms with Gasteiger partial charge in [-0.2, -0.15) is 0 Å². The second-order valence-electron chi connectivity index (χ2n) is 7.09. The predicted octanol–water partition coefficient (Wildman–Crippen LogP) is 3.67. The summed E-state index contributed by atoms with van der Waals surface area (Å²) in [7, 11) is 3.00. The van der Waals surface area contributed by atoms with Crippen LogP contribution in [-0.2, 0) is 22.5 Å². The van der Waals surface area contributed by atoms with Crippen LogP contribution in [0.2, 0.25) is 0 Å². The molecule has 0 saturated heterocycles. The number of ether oxygens (including phenoxy) is 1. The summed E-state index contributed by atoms with van der Waals surface area (Å²) in [6, 6.07) is 14.0. The highest BCUT2D eigenvalue weighted by atomic mass is 16.5. The molecule has 0 unspecified atom stereocenters. The monoisotopic (exact) mass is 392 g/mol. The van der Waals surface area contributed by atoms with Crippen molar-refractivity contribution < 1.29 is 19.1 Å². The first-order valence-electron chi connectivity index (χ1n) is 9.34. The number of hydrogen-bond acceptors (Lipinski definition) is 4. The summed E-state index contributed by atoms with van der Waals surface area (Å²) in [5.41, 5.74) is 2.52. The number of hydrogen-bond donors (Lipinski definition) is 1. The van der Waals surface area contributed by atoms with Gasteiger partial charge >= 0.3 is 5.97 Å². The summed E-state index contributed by atoms with van der Waals surface area (Å²) in [6.07, 6.45) is -0.0280. The molecule has 2 aromatic carbocycles. The van der Waals surface area contributed by atoms with E-state index in [0.29, 0.717) is 23.5 Å². The number of esters is 1. The normalized spacial score (nSPS) is 10.8. The number of carbonyl (C=O) groups excluding carboxylic acids is 3. The number of likely N-dealkylation sites (N-methyl/N-ethyl adjacent to an activating group) is 1. The first-order chi connectivity index (χ1) is 13.8. The Bertz CT molecular complexity index is 1090. The van der Waals surface area contributed by atoms with E-state index in [1.807, 2.05) is 42.5 Å². The third kappa shape index (κ3) is 4.06. The molecule has 1 heterocycles. The first-order valence-corrected chi connectivity index (χ1v) is 9.34. The van der Waals surface area contributed by atoms with Crippen molar-refractivity contribution in [3.63, 3.8) is 0 Å². The fourth-order valence-corrected chi connectivity index (χ4v) is 3.58. The standard InChI is InChI=1S/C23H24N2O4/c1-14-21(23(28)29-4)19(24-22(14)15(2)26)12-20(27)25(3)13-17-10-7-9-16-8-5-6-11-18(16)17/h5-11,24H,12-13H2,1-4H3. The molecule has 3 rings (SSSR count). The predicted molar refractivity (Wildman–Crippen MR) is 111 cm³/mol. The second kappa shape index (κ2) is 8.31. The summed E-state index contributed by atoms with van der Waals surface area (Å²) < 4.78 is 4.84. The molecule has 1 aromatic heterocycles. The summed E-state index contributed by atoms with van der Waals surface area (Å²) >= 11 is 0. The molecule has 6 nitrogen and oxygen atoms in total. The van der Waals surface area contributed by atoms with Gasteiger partial charge in [-0.05, 0) is 28.8 Å². The van der Waals surface area contributed by atoms with E-state index >= 15 is 0 Å². The van der Waals surface area contributed by atoms with Crippen molar-refractivity contribution in [1.29, 1.82) is 0 Å². The zero-order valence-corrected chi connectivity index (χ0v) is 17.0. The Kier molecular flexibility index (Phi) is 5.82. The Hall–Kier alpha value is -3.41. The third-order valence-corrected chi connectivity index (χ3v) is 5.11. The molecule has 150 valence electrons. The van der Waals surface area contributed by atoms with Crippen LogP contribution in [0.1, 0.15) is 44.6 Å². The average molecular weight is 392 g/mol. The first kappa shape index (κ1) is 20.3. The molecular formula is C23H24N2O4. The second-order valence-corrected chi connectivity index (χ2v) is 7.09. The molecule has 0 saturated carbocycles. The van der Waals surface area contributed by atoms with E-state index in [1.54, 1.807) is 18.9 Å². The lowest BCUT2D eigenvalue weighted by molar-refractivity contribution is -0.129. The minimum absolute atomic E-state index is 0.0280. The van der Waals surface area contributed by atoms with Crippen LogP contribution in [0.4, 0.5) is 0 Å². The number of carbonyl (C=O) groups is 3. The van der Waals surface area contributed by atoms with Gasteiger partial charge in [0.15, 0.2) is 5.78 Å². The van der Waals surface area contributed by atoms with Crippen molar-refractivity contribution in [3.05, 3.63) is 70.5 Å². The molecular weight excluding hydrogens is 368 g/mol. The molecule has 29 heavy (non-hydrogen) atoms. The van der Waals surface area contributed by atoms with Gasteiger partial charge in [-0.1, -0.05) is 42.5 Å². The number of aromatic amines is 1. The highest BCUT2D eigenvalue weighted by Crippen LogP contribution is 2.23. The number of H-pyrrole nitrogens is 1. The van der Waals surface area contributed by atoms with Crippen LogP contribution in [0.15, 0.2) is 42.5 Å². The molecule has 3 aromatic rings. The van der Waals surface area contributed by atoms with Crippen LogP contribution in [0, 0.1) is 6.92 Å². The third-order valence-electron chi connectivity index (χ3n) is 5.11. The number of Topliss-reactive ketones (excluding diaryl/α,β-unsaturated/α-hetero) is 1. The summed E-state index contributed by atoms with van der Waals surface area (Å²) in [6.45, 7) is 3.53. The Labute approximate surface area is 169 Å². The number of aromatic nitrogens is 1. The maximum Gasteiger partial charge on any atom is 0.339 e. The van der Waals surface area contributed by atoms with Gasteiger partial charge in [0.05, 0.1) is 24.8 Å². The summed E-state index contributed by atoms with van der Waals surface area (Å²) in [4.78, 5) is 41.5. The van der Waals surface area contributed by atoms with Gasteiger partial charge in [-0.3, -0.25) is 9.59 Å². The smallest absolute Gasteiger partial charge is 0.339 e. The zero-order valence-electron chi connectivity index (χ0n) is 17.0. The molecule has 6 heteroatoms. The number of fused-ring (bicyclic) bond motifs is 1. The number of ketones is 1. The van der Waals surface area contributed by atoms with Gasteiger partial charge in [0.2, 0.25) is 5.91 Å². The van der Waals surface area contributed by atoms with E-state index in [0.717, 1.165) is 16.3 Å². The van der Waals surface area contributed by atoms with Crippen LogP contribution in [0.5, 0.6) is 0 Å². The van der Waals surface area contributed by atoms with E-state index in [1.165, 1.54) is 14.0 Å². The number of rotatable bonds is 6. The molecule has 1 N–H and O–H groups in total. The van der Waals surface area contributed by atoms with Gasteiger partial charge in [0, 0.05) is 26.2 Å². The van der Waals surface area contributed by atoms with Crippen molar-refractivity contribution in [2.45, 2.75) is 26.8 Å². The Morgan fingerprint density at radius 1 is 1.07 bits per heavy atom. The Morgan fingerprint density at radius 3 is 2.45 bits per heavy atom. The lowest BCUT2D eigenvalue weighted by Gasteiger charge is -2.18. The van der Waals surface area contributed by atoms with Gasteiger partial charge in [-0.15, -0.1) is 0 Å². The molecule has 0 fully saturated rings. The van der Waals surface area contributed by atoms with E-state index in [4.69, 9.17) is 4.74 Å². The number of nitrogens with zero attached hydrogens (tertiary/aromatic N) is 1. The van der Waals surface area contributed by atoms with Gasteiger partial charge in [0.1, 0.15) is 0 Å². The Morgan fingerprint density at radius 2 is 1.76 bits per heavy atom. The van der Waals surface area contributed by atoms with Crippen molar-refractivity contribution in [2.75, 3.05) is 14.2 Å². The lowest BCUT2D eigenvalue weighted by atomic mass is 10.0.